The molecule has 0 saturated heterocycles. The third kappa shape index (κ3) is 7.64. The lowest BCUT2D eigenvalue weighted by Gasteiger charge is -2.27. The molecule has 0 amide bonds. The van der Waals surface area contributed by atoms with Gasteiger partial charge in [0, 0.05) is 33.5 Å². The topological polar surface area (TPSA) is 6.48 Å². The van der Waals surface area contributed by atoms with Crippen LogP contribution in [0.25, 0.3) is 76.8 Å². The molecule has 0 bridgehead atoms. The van der Waals surface area contributed by atoms with Gasteiger partial charge >= 0.3 is 0 Å². The van der Waals surface area contributed by atoms with Crippen molar-refractivity contribution in [3.05, 3.63) is 279 Å². The van der Waals surface area contributed by atoms with Crippen molar-refractivity contribution in [1.29, 1.82) is 0 Å². The van der Waals surface area contributed by atoms with Crippen molar-refractivity contribution in [2.24, 2.45) is 0 Å². The van der Waals surface area contributed by atoms with Gasteiger partial charge in [0.05, 0.1) is 11.4 Å². The molecule has 0 aromatic heterocycles. The minimum Gasteiger partial charge on any atom is -0.310 e. The molecule has 0 atom stereocenters. The average Bonchev–Trinajstić information content (AvgIpc) is 3.42. The molecule has 12 aromatic carbocycles. The third-order valence-electron chi connectivity index (χ3n) is 13.3. The Hall–Kier alpha value is -8.98. The molecule has 0 radical (unpaired) electrons. The predicted molar refractivity (Wildman–Crippen MR) is 290 cm³/mol. The maximum atomic E-state index is 2.39. The predicted octanol–water partition coefficient (Wildman–Crippen LogP) is 18.8. The Morgan fingerprint density at radius 3 is 0.882 bits per heavy atom. The molecule has 12 rings (SSSR count). The van der Waals surface area contributed by atoms with Crippen LogP contribution < -0.4 is 9.80 Å². The SMILES string of the molecule is c1ccc(-c2ccc(N(c3ccc(-c4cccc5cccc(-c6ccc(N(c7ccc(-c8ccccc8)cc7)c7cccc8ccccc78)cc6)c45)cc3)c3cccc4ccccc34)cc2)cc1. The molecule has 0 spiro atoms. The number of fused-ring (bicyclic) bond motifs is 3. The van der Waals surface area contributed by atoms with E-state index in [1.54, 1.807) is 0 Å². The van der Waals surface area contributed by atoms with Crippen LogP contribution in [-0.4, -0.2) is 0 Å². The lowest BCUT2D eigenvalue weighted by atomic mass is 9.91. The quantitative estimate of drug-likeness (QED) is 0.135. The van der Waals surface area contributed by atoms with Crippen LogP contribution in [0.5, 0.6) is 0 Å². The molecule has 0 fully saturated rings. The van der Waals surface area contributed by atoms with Crippen LogP contribution >= 0.6 is 0 Å². The van der Waals surface area contributed by atoms with E-state index in [9.17, 15) is 0 Å². The summed E-state index contributed by atoms with van der Waals surface area (Å²) in [6, 6.07) is 101. The van der Waals surface area contributed by atoms with Gasteiger partial charge in [-0.05, 0) is 127 Å². The van der Waals surface area contributed by atoms with Crippen LogP contribution in [0.3, 0.4) is 0 Å². The second kappa shape index (κ2) is 17.8. The van der Waals surface area contributed by atoms with Crippen LogP contribution in [0, 0.1) is 0 Å². The number of anilines is 6. The average molecular weight is 867 g/mol. The van der Waals surface area contributed by atoms with Gasteiger partial charge in [0.15, 0.2) is 0 Å². The van der Waals surface area contributed by atoms with Crippen molar-refractivity contribution in [2.45, 2.75) is 0 Å². The highest BCUT2D eigenvalue weighted by Crippen LogP contribution is 2.44. The fourth-order valence-corrected chi connectivity index (χ4v) is 9.93. The van der Waals surface area contributed by atoms with E-state index in [2.05, 4.69) is 289 Å². The first kappa shape index (κ1) is 40.5. The fraction of sp³-hybridized carbons (Fsp3) is 0. The van der Waals surface area contributed by atoms with Gasteiger partial charge < -0.3 is 9.80 Å². The number of rotatable bonds is 10. The Labute approximate surface area is 397 Å². The van der Waals surface area contributed by atoms with Gasteiger partial charge in [-0.2, -0.15) is 0 Å². The molecule has 0 unspecified atom stereocenters. The summed E-state index contributed by atoms with van der Waals surface area (Å²) in [7, 11) is 0. The summed E-state index contributed by atoms with van der Waals surface area (Å²) in [5.74, 6) is 0. The smallest absolute Gasteiger partial charge is 0.0540 e. The normalized spacial score (nSPS) is 11.2. The molecule has 0 aliphatic rings. The summed E-state index contributed by atoms with van der Waals surface area (Å²) >= 11 is 0. The molecule has 2 heteroatoms. The molecule has 0 saturated carbocycles. The number of benzene rings is 12. The van der Waals surface area contributed by atoms with Gasteiger partial charge in [0.25, 0.3) is 0 Å². The summed E-state index contributed by atoms with van der Waals surface area (Å²) in [6.07, 6.45) is 0. The third-order valence-corrected chi connectivity index (χ3v) is 13.3. The Kier molecular flexibility index (Phi) is 10.6. The minimum atomic E-state index is 1.10. The van der Waals surface area contributed by atoms with Crippen LogP contribution in [0.4, 0.5) is 34.1 Å². The Balaban J connectivity index is 0.922. The van der Waals surface area contributed by atoms with Crippen molar-refractivity contribution in [2.75, 3.05) is 9.80 Å². The van der Waals surface area contributed by atoms with E-state index in [1.807, 2.05) is 0 Å². The molecule has 0 aliphatic heterocycles. The van der Waals surface area contributed by atoms with E-state index < -0.39 is 0 Å². The first-order valence-electron chi connectivity index (χ1n) is 23.3. The van der Waals surface area contributed by atoms with E-state index in [4.69, 9.17) is 0 Å². The molecule has 0 N–H and O–H groups in total. The lowest BCUT2D eigenvalue weighted by Crippen LogP contribution is -2.10. The second-order valence-corrected chi connectivity index (χ2v) is 17.3. The van der Waals surface area contributed by atoms with Crippen LogP contribution in [0.2, 0.25) is 0 Å². The van der Waals surface area contributed by atoms with E-state index in [1.165, 1.54) is 76.8 Å². The van der Waals surface area contributed by atoms with Crippen LogP contribution in [-0.2, 0) is 0 Å². The lowest BCUT2D eigenvalue weighted by molar-refractivity contribution is 1.30. The minimum absolute atomic E-state index is 1.10. The van der Waals surface area contributed by atoms with Crippen molar-refractivity contribution in [1.82, 2.24) is 0 Å². The highest BCUT2D eigenvalue weighted by molar-refractivity contribution is 6.07. The zero-order valence-electron chi connectivity index (χ0n) is 37.5. The summed E-state index contributed by atoms with van der Waals surface area (Å²) in [4.78, 5) is 4.77. The monoisotopic (exact) mass is 866 g/mol. The summed E-state index contributed by atoms with van der Waals surface area (Å²) in [5.41, 5.74) is 16.2. The van der Waals surface area contributed by atoms with Crippen molar-refractivity contribution in [3.63, 3.8) is 0 Å². The van der Waals surface area contributed by atoms with Gasteiger partial charge in [0.1, 0.15) is 0 Å². The first-order valence-corrected chi connectivity index (χ1v) is 23.3. The number of nitrogens with zero attached hydrogens (tertiary/aromatic N) is 2. The van der Waals surface area contributed by atoms with Gasteiger partial charge in [-0.3, -0.25) is 0 Å². The Bertz CT molecular complexity index is 3440. The molecule has 12 aromatic rings. The number of hydrogen-bond donors (Lipinski definition) is 0. The summed E-state index contributed by atoms with van der Waals surface area (Å²) in [6.45, 7) is 0. The highest BCUT2D eigenvalue weighted by Gasteiger charge is 2.19. The maximum Gasteiger partial charge on any atom is 0.0540 e. The Morgan fingerprint density at radius 2 is 0.485 bits per heavy atom. The zero-order valence-corrected chi connectivity index (χ0v) is 37.5. The van der Waals surface area contributed by atoms with Gasteiger partial charge in [0.2, 0.25) is 0 Å². The molecule has 68 heavy (non-hydrogen) atoms. The zero-order chi connectivity index (χ0) is 45.2. The summed E-state index contributed by atoms with van der Waals surface area (Å²) < 4.78 is 0. The Morgan fingerprint density at radius 1 is 0.191 bits per heavy atom. The molecule has 320 valence electrons. The fourth-order valence-electron chi connectivity index (χ4n) is 9.93. The highest BCUT2D eigenvalue weighted by atomic mass is 15.1. The van der Waals surface area contributed by atoms with Crippen molar-refractivity contribution in [3.8, 4) is 44.5 Å². The van der Waals surface area contributed by atoms with Gasteiger partial charge in [-0.15, -0.1) is 0 Å². The standard InChI is InChI=1S/C66H46N2/c1-3-15-47(16-4-1)49-31-39-56(40-32-49)67(64-29-13-21-51-19-7-9-25-60(51)64)58-43-35-53(36-44-58)62-27-11-23-55-24-12-28-63(66(55)62)54-37-45-59(46-38-54)68(65-30-14-22-52-20-8-10-26-61(52)65)57-41-33-50(34-42-57)48-17-5-2-6-18-48/h1-46H. The van der Waals surface area contributed by atoms with Crippen molar-refractivity contribution < 1.29 is 0 Å². The molecule has 2 nitrogen and oxygen atoms in total. The number of hydrogen-bond acceptors (Lipinski definition) is 2. The van der Waals surface area contributed by atoms with Gasteiger partial charge in [-0.1, -0.05) is 218 Å². The maximum absolute atomic E-state index is 2.39. The molecule has 0 heterocycles. The van der Waals surface area contributed by atoms with Crippen LogP contribution in [0.1, 0.15) is 0 Å². The molecular formula is C66H46N2. The first-order chi connectivity index (χ1) is 33.7. The van der Waals surface area contributed by atoms with Crippen LogP contribution in [0.15, 0.2) is 279 Å². The van der Waals surface area contributed by atoms with E-state index in [-0.39, 0.29) is 0 Å². The molecular weight excluding hydrogens is 821 g/mol. The van der Waals surface area contributed by atoms with E-state index >= 15 is 0 Å². The van der Waals surface area contributed by atoms with E-state index in [0.29, 0.717) is 0 Å². The largest absolute Gasteiger partial charge is 0.310 e. The molecule has 0 aliphatic carbocycles. The summed E-state index contributed by atoms with van der Waals surface area (Å²) in [5, 5.41) is 7.28. The van der Waals surface area contributed by atoms with Crippen molar-refractivity contribution >= 4 is 66.4 Å². The van der Waals surface area contributed by atoms with Gasteiger partial charge in [-0.25, -0.2) is 0 Å². The second-order valence-electron chi connectivity index (χ2n) is 17.3. The van der Waals surface area contributed by atoms with E-state index in [0.717, 1.165) is 34.1 Å².